The van der Waals surface area contributed by atoms with Gasteiger partial charge < -0.3 is 24.3 Å². The zero-order chi connectivity index (χ0) is 23.5. The van der Waals surface area contributed by atoms with Crippen molar-refractivity contribution in [2.75, 3.05) is 32.1 Å². The van der Waals surface area contributed by atoms with Crippen LogP contribution in [0.3, 0.4) is 0 Å². The van der Waals surface area contributed by atoms with Gasteiger partial charge in [-0.15, -0.1) is 0 Å². The Balaban J connectivity index is 1.68. The lowest BCUT2D eigenvalue weighted by Gasteiger charge is -2.37. The molecule has 1 aliphatic heterocycles. The molecule has 0 bridgehead atoms. The zero-order valence-corrected chi connectivity index (χ0v) is 19.6. The summed E-state index contributed by atoms with van der Waals surface area (Å²) in [4.78, 5) is 37.4. The molecule has 1 aliphatic rings. The monoisotopic (exact) mass is 454 g/mol. The minimum atomic E-state index is -0.622. The van der Waals surface area contributed by atoms with Crippen LogP contribution in [0.2, 0.25) is 0 Å². The lowest BCUT2D eigenvalue weighted by molar-refractivity contribution is -0.145. The number of morpholine rings is 1. The molecule has 1 amide bonds. The Morgan fingerprint density at radius 1 is 1.21 bits per heavy atom. The van der Waals surface area contributed by atoms with Gasteiger partial charge in [-0.1, -0.05) is 0 Å². The fourth-order valence-electron chi connectivity index (χ4n) is 4.15. The summed E-state index contributed by atoms with van der Waals surface area (Å²) < 4.78 is 13.1. The van der Waals surface area contributed by atoms with E-state index in [9.17, 15) is 4.79 Å². The van der Waals surface area contributed by atoms with Gasteiger partial charge in [0.1, 0.15) is 24.0 Å². The van der Waals surface area contributed by atoms with Crippen molar-refractivity contribution in [3.8, 4) is 11.4 Å². The van der Waals surface area contributed by atoms with Crippen LogP contribution in [0.4, 0.5) is 5.82 Å². The summed E-state index contributed by atoms with van der Waals surface area (Å²) in [6.07, 6.45) is 4.92. The normalized spacial score (nSPS) is 19.6. The van der Waals surface area contributed by atoms with Crippen LogP contribution in [-0.2, 0) is 20.8 Å². The summed E-state index contributed by atoms with van der Waals surface area (Å²) in [5.41, 5.74) is 2.03. The third-order valence-electron chi connectivity index (χ3n) is 5.56. The molecule has 0 aliphatic carbocycles. The van der Waals surface area contributed by atoms with Crippen molar-refractivity contribution in [2.45, 2.75) is 52.5 Å². The van der Waals surface area contributed by atoms with Crippen LogP contribution in [0.15, 0.2) is 18.7 Å². The van der Waals surface area contributed by atoms with Crippen LogP contribution in [-0.4, -0.2) is 85.4 Å². The molecular formula is C22H30N8O3. The molecule has 3 aromatic rings. The lowest BCUT2D eigenvalue weighted by Crippen LogP contribution is -2.53. The van der Waals surface area contributed by atoms with Crippen molar-refractivity contribution in [2.24, 2.45) is 0 Å². The number of carbonyl (C=O) groups is 1. The molecule has 11 nitrogen and oxygen atoms in total. The van der Waals surface area contributed by atoms with Crippen molar-refractivity contribution in [1.82, 2.24) is 34.4 Å². The maximum absolute atomic E-state index is 13.3. The first-order valence-electron chi connectivity index (χ1n) is 11.1. The van der Waals surface area contributed by atoms with Crippen LogP contribution in [0.25, 0.3) is 22.6 Å². The molecule has 33 heavy (non-hydrogen) atoms. The number of rotatable bonds is 7. The minimum Gasteiger partial charge on any atom is -0.382 e. The summed E-state index contributed by atoms with van der Waals surface area (Å²) in [6, 6.07) is -0.622. The summed E-state index contributed by atoms with van der Waals surface area (Å²) in [5, 5.41) is 3.26. The number of methoxy groups -OCH3 is 1. The number of hydrogen-bond acceptors (Lipinski definition) is 9. The van der Waals surface area contributed by atoms with Gasteiger partial charge in [-0.05, 0) is 27.7 Å². The highest BCUT2D eigenvalue weighted by Crippen LogP contribution is 2.27. The van der Waals surface area contributed by atoms with Crippen LogP contribution in [0.1, 0.15) is 26.6 Å². The number of anilines is 1. The molecule has 1 saturated heterocycles. The van der Waals surface area contributed by atoms with Gasteiger partial charge in [0.15, 0.2) is 17.0 Å². The molecule has 0 radical (unpaired) electrons. The number of nitrogens with zero attached hydrogens (tertiary/aromatic N) is 7. The maximum Gasteiger partial charge on any atom is 0.247 e. The number of hydrogen-bond donors (Lipinski definition) is 1. The van der Waals surface area contributed by atoms with E-state index in [0.29, 0.717) is 48.3 Å². The Bertz CT molecular complexity index is 1110. The Morgan fingerprint density at radius 3 is 2.55 bits per heavy atom. The zero-order valence-electron chi connectivity index (χ0n) is 19.6. The Kier molecular flexibility index (Phi) is 6.80. The van der Waals surface area contributed by atoms with E-state index in [1.807, 2.05) is 37.2 Å². The molecule has 3 atom stereocenters. The average molecular weight is 455 g/mol. The van der Waals surface area contributed by atoms with Crippen LogP contribution in [0, 0.1) is 6.92 Å². The highest BCUT2D eigenvalue weighted by molar-refractivity contribution is 5.90. The number of fused-ring (bicyclic) bond motifs is 1. The van der Waals surface area contributed by atoms with E-state index in [1.165, 1.54) is 6.33 Å². The van der Waals surface area contributed by atoms with Crippen molar-refractivity contribution in [1.29, 1.82) is 0 Å². The third kappa shape index (κ3) is 4.79. The highest BCUT2D eigenvalue weighted by atomic mass is 16.5. The van der Waals surface area contributed by atoms with E-state index < -0.39 is 6.04 Å². The fraction of sp³-hybridized carbons (Fsp3) is 0.545. The molecular weight excluding hydrogens is 424 g/mol. The summed E-state index contributed by atoms with van der Waals surface area (Å²) in [7, 11) is 1.57. The van der Waals surface area contributed by atoms with Gasteiger partial charge in [0.2, 0.25) is 5.91 Å². The highest BCUT2D eigenvalue weighted by Gasteiger charge is 2.31. The first-order chi connectivity index (χ1) is 15.9. The van der Waals surface area contributed by atoms with Gasteiger partial charge >= 0.3 is 0 Å². The first-order valence-corrected chi connectivity index (χ1v) is 11.1. The van der Waals surface area contributed by atoms with Gasteiger partial charge in [0.25, 0.3) is 0 Å². The predicted molar refractivity (Wildman–Crippen MR) is 123 cm³/mol. The van der Waals surface area contributed by atoms with E-state index in [0.717, 1.165) is 5.56 Å². The van der Waals surface area contributed by atoms with E-state index in [4.69, 9.17) is 14.5 Å². The quantitative estimate of drug-likeness (QED) is 0.568. The second-order valence-corrected chi connectivity index (χ2v) is 8.25. The number of aryl methyl sites for hydroxylation is 2. The minimum absolute atomic E-state index is 0.0220. The molecule has 1 N–H and O–H groups in total. The largest absolute Gasteiger partial charge is 0.382 e. The Hall–Kier alpha value is -3.18. The topological polar surface area (TPSA) is 120 Å². The molecule has 4 heterocycles. The van der Waals surface area contributed by atoms with Gasteiger partial charge in [-0.3, -0.25) is 4.79 Å². The second-order valence-electron chi connectivity index (χ2n) is 8.25. The molecule has 1 fully saturated rings. The van der Waals surface area contributed by atoms with Gasteiger partial charge in [-0.25, -0.2) is 24.9 Å². The SMILES string of the molecule is CCn1c(-c2cnc(C)nc2)nc2c(N[C@@H](COC)C(=O)N3CC(C)O[C@H](C)C3)ncnc21. The van der Waals surface area contributed by atoms with Crippen LogP contribution >= 0.6 is 0 Å². The van der Waals surface area contributed by atoms with Crippen molar-refractivity contribution in [3.63, 3.8) is 0 Å². The average Bonchev–Trinajstić information content (AvgIpc) is 3.17. The number of ether oxygens (including phenoxy) is 2. The smallest absolute Gasteiger partial charge is 0.247 e. The molecule has 4 rings (SSSR count). The summed E-state index contributed by atoms with van der Waals surface area (Å²) in [6.45, 7) is 9.71. The van der Waals surface area contributed by atoms with Crippen LogP contribution < -0.4 is 5.32 Å². The van der Waals surface area contributed by atoms with E-state index in [2.05, 4.69) is 25.3 Å². The number of amides is 1. The predicted octanol–water partition coefficient (Wildman–Crippen LogP) is 1.67. The molecule has 0 saturated carbocycles. The van der Waals surface area contributed by atoms with Gasteiger partial charge in [0, 0.05) is 39.1 Å². The fourth-order valence-corrected chi connectivity index (χ4v) is 4.15. The van der Waals surface area contributed by atoms with Crippen molar-refractivity contribution in [3.05, 3.63) is 24.5 Å². The first kappa shape index (κ1) is 23.0. The number of aromatic nitrogens is 6. The van der Waals surface area contributed by atoms with Gasteiger partial charge in [-0.2, -0.15) is 0 Å². The van der Waals surface area contributed by atoms with E-state index in [-0.39, 0.29) is 24.7 Å². The maximum atomic E-state index is 13.3. The van der Waals surface area contributed by atoms with Crippen molar-refractivity contribution < 1.29 is 14.3 Å². The van der Waals surface area contributed by atoms with Crippen molar-refractivity contribution >= 4 is 22.9 Å². The molecule has 3 aromatic heterocycles. The standard InChI is InChI=1S/C22H30N8O3/c1-6-30-20(16-7-23-15(4)24-8-16)28-18-19(25-12-26-21(18)30)27-17(11-32-5)22(31)29-9-13(2)33-14(3)10-29/h7-8,12-14,17H,6,9-11H2,1-5H3,(H,25,26,27)/t13-,14?,17+/m1/s1. The molecule has 0 spiro atoms. The number of imidazole rings is 1. The molecule has 11 heteroatoms. The number of nitrogens with one attached hydrogen (secondary N) is 1. The lowest BCUT2D eigenvalue weighted by atomic mass is 10.2. The molecule has 1 unspecified atom stereocenters. The summed E-state index contributed by atoms with van der Waals surface area (Å²) in [5.74, 6) is 1.80. The Labute approximate surface area is 192 Å². The van der Waals surface area contributed by atoms with E-state index in [1.54, 1.807) is 19.5 Å². The third-order valence-corrected chi connectivity index (χ3v) is 5.56. The number of carbonyl (C=O) groups excluding carboxylic acids is 1. The van der Waals surface area contributed by atoms with Gasteiger partial charge in [0.05, 0.1) is 24.4 Å². The second kappa shape index (κ2) is 9.75. The molecule has 0 aromatic carbocycles. The molecule has 176 valence electrons. The van der Waals surface area contributed by atoms with E-state index >= 15 is 0 Å². The Morgan fingerprint density at radius 2 is 1.91 bits per heavy atom. The van der Waals surface area contributed by atoms with Crippen LogP contribution in [0.5, 0.6) is 0 Å². The summed E-state index contributed by atoms with van der Waals surface area (Å²) >= 11 is 0.